The number of para-hydroxylation sites is 8. The van der Waals surface area contributed by atoms with Crippen molar-refractivity contribution < 1.29 is 0 Å². The van der Waals surface area contributed by atoms with Crippen LogP contribution in [0.3, 0.4) is 0 Å². The minimum atomic E-state index is 0.703. The average Bonchev–Trinajstić information content (AvgIpc) is 1.58. The lowest BCUT2D eigenvalue weighted by molar-refractivity contribution is 1.16. The van der Waals surface area contributed by atoms with E-state index in [1.54, 1.807) is 0 Å². The molecule has 0 N–H and O–H groups in total. The van der Waals surface area contributed by atoms with Crippen LogP contribution in [0.2, 0.25) is 0 Å². The Morgan fingerprint density at radius 2 is 0.312 bits per heavy atom. The van der Waals surface area contributed by atoms with Crippen LogP contribution in [0.4, 0.5) is 0 Å². The summed E-state index contributed by atoms with van der Waals surface area (Å²) in [5.41, 5.74) is 36.8. The molecule has 0 aliphatic carbocycles. The second kappa shape index (κ2) is 32.7. The number of hydrogen-bond donors (Lipinski definition) is 0. The number of nitrogens with zero attached hydrogens (tertiary/aromatic N) is 9. The van der Waals surface area contributed by atoms with Crippen molar-refractivity contribution in [2.24, 2.45) is 0 Å². The fraction of sp³-hybridized carbons (Fsp3) is 0. The Morgan fingerprint density at radius 1 is 0.109 bits per heavy atom. The first kappa shape index (κ1) is 79.2. The van der Waals surface area contributed by atoms with Crippen LogP contribution in [0, 0.1) is 0 Å². The maximum atomic E-state index is 5.15. The molecule has 0 amide bonds. The molecular weight excluding hydrogens is 1680 g/mol. The van der Waals surface area contributed by atoms with Gasteiger partial charge in [-0.05, 0) is 221 Å². The van der Waals surface area contributed by atoms with E-state index in [1.165, 1.54) is 131 Å². The Bertz CT molecular complexity index is 8890. The Balaban J connectivity index is 0.000000139. The minimum Gasteiger partial charge on any atom is -0.309 e. The van der Waals surface area contributed by atoms with Crippen molar-refractivity contribution in [3.8, 4) is 124 Å². The zero-order chi connectivity index (χ0) is 90.8. The number of hydrogen-bond acceptors (Lipinski definition) is 3. The van der Waals surface area contributed by atoms with Crippen molar-refractivity contribution >= 4 is 131 Å². The molecule has 644 valence electrons. The molecule has 138 heavy (non-hydrogen) atoms. The molecule has 0 bridgehead atoms. The van der Waals surface area contributed by atoms with Gasteiger partial charge in [-0.15, -0.1) is 0 Å². The molecule has 0 unspecified atom stereocenters. The summed E-state index contributed by atoms with van der Waals surface area (Å²) in [6, 6.07) is 182. The van der Waals surface area contributed by atoms with Gasteiger partial charge in [-0.25, -0.2) is 15.0 Å². The van der Waals surface area contributed by atoms with Gasteiger partial charge in [-0.3, -0.25) is 0 Å². The Morgan fingerprint density at radius 3 is 0.630 bits per heavy atom. The molecule has 28 rings (SSSR count). The molecule has 0 aliphatic rings. The maximum Gasteiger partial charge on any atom is 0.160 e. The molecule has 8 aromatic heterocycles. The molecule has 0 saturated heterocycles. The van der Waals surface area contributed by atoms with Crippen LogP contribution in [0.5, 0.6) is 0 Å². The topological polar surface area (TPSA) is 68.2 Å². The van der Waals surface area contributed by atoms with Crippen molar-refractivity contribution in [3.05, 3.63) is 504 Å². The number of pyridine rings is 1. The zero-order valence-corrected chi connectivity index (χ0v) is 74.9. The van der Waals surface area contributed by atoms with Gasteiger partial charge in [-0.2, -0.15) is 0 Å². The summed E-state index contributed by atoms with van der Waals surface area (Å²) in [5.74, 6) is 0.703. The highest BCUT2D eigenvalue weighted by Gasteiger charge is 2.25. The van der Waals surface area contributed by atoms with Gasteiger partial charge in [0.25, 0.3) is 0 Å². The van der Waals surface area contributed by atoms with Crippen LogP contribution < -0.4 is 0 Å². The first-order valence-corrected chi connectivity index (χ1v) is 47.1. The molecule has 0 spiro atoms. The van der Waals surface area contributed by atoms with Crippen LogP contribution >= 0.6 is 0 Å². The van der Waals surface area contributed by atoms with Gasteiger partial charge >= 0.3 is 0 Å². The highest BCUT2D eigenvalue weighted by molar-refractivity contribution is 6.18. The van der Waals surface area contributed by atoms with Gasteiger partial charge in [0.1, 0.15) is 0 Å². The van der Waals surface area contributed by atoms with Crippen LogP contribution in [0.15, 0.2) is 504 Å². The number of aromatic nitrogens is 9. The summed E-state index contributed by atoms with van der Waals surface area (Å²) in [7, 11) is 0. The lowest BCUT2D eigenvalue weighted by Crippen LogP contribution is -1.97. The fourth-order valence-electron chi connectivity index (χ4n) is 21.5. The number of benzene rings is 20. The van der Waals surface area contributed by atoms with E-state index in [2.05, 4.69) is 507 Å². The minimum absolute atomic E-state index is 0.703. The normalized spacial score (nSPS) is 11.8. The standard InChI is InChI=1S/C65H42N4.C64H41N5/c1-4-16-44(17-5-1)58-40-48(41-59(66-58)45-18-6-2-7-19-45)43-28-32-50(33-29-43)68-64-36-31-47(46-30-35-63-55(38-46)54-24-12-15-27-62(54)67(63)49-20-8-3-9-21-49)39-56(64)57-42-51(34-37-65(57)68)69-60-25-13-10-22-52(60)53-23-11-14-26-61(53)69;1-4-16-42(17-5-1)56-41-57(66-64(65-56)44-18-6-2-7-19-44)43-28-32-48(33-29-43)68-62-36-31-46(45-30-35-61-53(38-45)52-24-12-15-27-60(52)67(61)47-20-8-3-9-21-47)39-54(62)55-40-49(34-37-63(55)68)69-58-25-13-10-22-50(58)51-23-11-14-26-59(51)69/h1-42H;1-41H. The van der Waals surface area contributed by atoms with E-state index in [-0.39, 0.29) is 0 Å². The Hall–Kier alpha value is -18.6. The second-order valence-corrected chi connectivity index (χ2v) is 35.8. The van der Waals surface area contributed by atoms with Crippen LogP contribution in [0.25, 0.3) is 255 Å². The molecular formula is C129H83N9. The van der Waals surface area contributed by atoms with Gasteiger partial charge in [-0.1, -0.05) is 315 Å². The fourth-order valence-corrected chi connectivity index (χ4v) is 21.5. The van der Waals surface area contributed by atoms with Crippen molar-refractivity contribution in [1.29, 1.82) is 0 Å². The summed E-state index contributed by atoms with van der Waals surface area (Å²) in [6.07, 6.45) is 0. The molecule has 9 nitrogen and oxygen atoms in total. The lowest BCUT2D eigenvalue weighted by Gasteiger charge is -2.13. The van der Waals surface area contributed by atoms with Crippen LogP contribution in [-0.2, 0) is 0 Å². The van der Waals surface area contributed by atoms with E-state index in [1.807, 2.05) is 24.3 Å². The van der Waals surface area contributed by atoms with Gasteiger partial charge < -0.3 is 27.4 Å². The maximum absolute atomic E-state index is 5.15. The highest BCUT2D eigenvalue weighted by Crippen LogP contribution is 2.46. The van der Waals surface area contributed by atoms with Gasteiger partial charge in [0.2, 0.25) is 0 Å². The first-order valence-electron chi connectivity index (χ1n) is 47.1. The summed E-state index contributed by atoms with van der Waals surface area (Å²) in [6.45, 7) is 0. The SMILES string of the molecule is c1ccc(-c2cc(-c3ccc(-n4c5ccc(-c6ccc7c(c6)c6ccccc6n7-c6ccccc6)cc5c5cc(-n6c7ccccc7c7ccccc76)ccc54)cc3)cc(-c3ccccc3)n2)cc1.c1ccc(-c2cc(-c3ccc(-n4c5ccc(-c6ccc7c(c6)c6ccccc6n7-c6ccccc6)cc5c5cc(-n6c7ccccc7c7ccccc76)ccc54)cc3)nc(-c3ccccc3)n2)cc1. The molecule has 0 radical (unpaired) electrons. The molecule has 0 aliphatic heterocycles. The highest BCUT2D eigenvalue weighted by atomic mass is 15.0. The Labute approximate surface area is 795 Å². The predicted octanol–water partition coefficient (Wildman–Crippen LogP) is 33.5. The van der Waals surface area contributed by atoms with E-state index in [4.69, 9.17) is 15.0 Å². The smallest absolute Gasteiger partial charge is 0.160 e. The van der Waals surface area contributed by atoms with Crippen molar-refractivity contribution in [2.45, 2.75) is 0 Å². The van der Waals surface area contributed by atoms with Crippen molar-refractivity contribution in [1.82, 2.24) is 42.4 Å². The van der Waals surface area contributed by atoms with E-state index in [0.717, 1.165) is 118 Å². The second-order valence-electron chi connectivity index (χ2n) is 35.8. The van der Waals surface area contributed by atoms with Crippen LogP contribution in [0.1, 0.15) is 0 Å². The summed E-state index contributed by atoms with van der Waals surface area (Å²) < 4.78 is 14.4. The Kier molecular flexibility index (Phi) is 18.8. The van der Waals surface area contributed by atoms with Gasteiger partial charge in [0.05, 0.1) is 89.0 Å². The molecule has 9 heteroatoms. The third-order valence-corrected chi connectivity index (χ3v) is 27.9. The van der Waals surface area contributed by atoms with E-state index in [9.17, 15) is 0 Å². The van der Waals surface area contributed by atoms with Gasteiger partial charge in [0.15, 0.2) is 5.82 Å². The molecule has 0 fully saturated rings. The molecule has 20 aromatic carbocycles. The largest absolute Gasteiger partial charge is 0.309 e. The molecule has 0 saturated carbocycles. The molecule has 0 atom stereocenters. The number of fused-ring (bicyclic) bond motifs is 18. The third-order valence-electron chi connectivity index (χ3n) is 27.9. The van der Waals surface area contributed by atoms with Crippen molar-refractivity contribution in [3.63, 3.8) is 0 Å². The quantitative estimate of drug-likeness (QED) is 0.109. The first-order chi connectivity index (χ1) is 68.4. The predicted molar refractivity (Wildman–Crippen MR) is 576 cm³/mol. The van der Waals surface area contributed by atoms with E-state index in [0.29, 0.717) is 5.82 Å². The van der Waals surface area contributed by atoms with Crippen LogP contribution in [-0.4, -0.2) is 42.4 Å². The third kappa shape index (κ3) is 13.3. The van der Waals surface area contributed by atoms with E-state index >= 15 is 0 Å². The zero-order valence-electron chi connectivity index (χ0n) is 74.9. The van der Waals surface area contributed by atoms with Gasteiger partial charge in [0, 0.05) is 127 Å². The van der Waals surface area contributed by atoms with Crippen molar-refractivity contribution in [2.75, 3.05) is 0 Å². The summed E-state index contributed by atoms with van der Waals surface area (Å²) in [4.78, 5) is 15.3. The average molecular weight is 1760 g/mol. The summed E-state index contributed by atoms with van der Waals surface area (Å²) >= 11 is 0. The lowest BCUT2D eigenvalue weighted by atomic mass is 9.99. The number of rotatable bonds is 14. The van der Waals surface area contributed by atoms with E-state index < -0.39 is 0 Å². The summed E-state index contributed by atoms with van der Waals surface area (Å²) in [5, 5.41) is 14.7. The molecule has 8 heterocycles. The molecule has 28 aromatic rings. The monoisotopic (exact) mass is 1760 g/mol.